The van der Waals surface area contributed by atoms with Gasteiger partial charge in [0.1, 0.15) is 5.69 Å². The summed E-state index contributed by atoms with van der Waals surface area (Å²) in [5.74, 6) is 1.30. The fraction of sp³-hybridized carbons (Fsp3) is 0.300. The summed E-state index contributed by atoms with van der Waals surface area (Å²) in [7, 11) is 0. The fourth-order valence-corrected chi connectivity index (χ4v) is 2.87. The van der Waals surface area contributed by atoms with Crippen LogP contribution in [0.5, 0.6) is 0 Å². The molecule has 0 aliphatic carbocycles. The van der Waals surface area contributed by atoms with Gasteiger partial charge in [-0.25, -0.2) is 4.79 Å². The van der Waals surface area contributed by atoms with Gasteiger partial charge in [-0.05, 0) is 11.6 Å². The van der Waals surface area contributed by atoms with E-state index in [-0.39, 0.29) is 18.0 Å². The van der Waals surface area contributed by atoms with Crippen molar-refractivity contribution in [1.29, 1.82) is 0 Å². The number of nitrogens with one attached hydrogen (secondary N) is 1. The molecular formula is C20H20N4O3. The molecule has 2 heterocycles. The van der Waals surface area contributed by atoms with Crippen LogP contribution in [0.1, 0.15) is 41.7 Å². The first-order chi connectivity index (χ1) is 13.0. The molecule has 3 rings (SSSR count). The predicted octanol–water partition coefficient (Wildman–Crippen LogP) is 3.53. The van der Waals surface area contributed by atoms with Gasteiger partial charge in [-0.2, -0.15) is 10.2 Å². The third kappa shape index (κ3) is 4.82. The van der Waals surface area contributed by atoms with Crippen molar-refractivity contribution in [2.24, 2.45) is 10.2 Å². The van der Waals surface area contributed by atoms with Crippen LogP contribution in [-0.4, -0.2) is 27.2 Å². The quantitative estimate of drug-likeness (QED) is 0.666. The second-order valence-electron chi connectivity index (χ2n) is 6.47. The van der Waals surface area contributed by atoms with Gasteiger partial charge in [0.05, 0.1) is 5.69 Å². The number of terminal acetylenes is 1. The maximum atomic E-state index is 12.2. The summed E-state index contributed by atoms with van der Waals surface area (Å²) >= 11 is 0. The Kier molecular flexibility index (Phi) is 5.36. The first-order valence-electron chi connectivity index (χ1n) is 8.66. The summed E-state index contributed by atoms with van der Waals surface area (Å²) in [4.78, 5) is 23.7. The Morgan fingerprint density at radius 1 is 1.22 bits per heavy atom. The zero-order chi connectivity index (χ0) is 19.3. The van der Waals surface area contributed by atoms with Crippen molar-refractivity contribution in [2.45, 2.75) is 37.9 Å². The van der Waals surface area contributed by atoms with E-state index < -0.39 is 11.6 Å². The molecule has 1 aromatic carbocycles. The number of benzene rings is 1. The molecule has 0 atom stereocenters. The Labute approximate surface area is 157 Å². The highest BCUT2D eigenvalue weighted by Crippen LogP contribution is 2.37. The van der Waals surface area contributed by atoms with E-state index in [9.17, 15) is 14.7 Å². The first-order valence-corrected chi connectivity index (χ1v) is 8.66. The van der Waals surface area contributed by atoms with Gasteiger partial charge in [0, 0.05) is 38.4 Å². The van der Waals surface area contributed by atoms with Crippen molar-refractivity contribution in [2.75, 3.05) is 5.32 Å². The van der Waals surface area contributed by atoms with Crippen LogP contribution >= 0.6 is 0 Å². The molecule has 7 heteroatoms. The monoisotopic (exact) mass is 364 g/mol. The zero-order valence-corrected chi connectivity index (χ0v) is 14.8. The van der Waals surface area contributed by atoms with E-state index in [0.717, 1.165) is 5.56 Å². The number of hydrogen-bond donors (Lipinski definition) is 2. The number of aromatic carboxylic acids is 1. The van der Waals surface area contributed by atoms with E-state index >= 15 is 0 Å². The average Bonchev–Trinajstić information content (AvgIpc) is 3.32. The van der Waals surface area contributed by atoms with Crippen LogP contribution in [0.2, 0.25) is 0 Å². The maximum absolute atomic E-state index is 12.2. The highest BCUT2D eigenvalue weighted by atomic mass is 16.4. The number of aromatic nitrogens is 1. The minimum atomic E-state index is -1.05. The Bertz CT molecular complexity index is 903. The van der Waals surface area contributed by atoms with Gasteiger partial charge < -0.3 is 15.0 Å². The Morgan fingerprint density at radius 3 is 2.59 bits per heavy atom. The number of hydrogen-bond acceptors (Lipinski definition) is 4. The molecule has 0 bridgehead atoms. The van der Waals surface area contributed by atoms with E-state index in [4.69, 9.17) is 6.42 Å². The topological polar surface area (TPSA) is 96.1 Å². The average molecular weight is 364 g/mol. The van der Waals surface area contributed by atoms with Crippen LogP contribution in [0.3, 0.4) is 0 Å². The van der Waals surface area contributed by atoms with Crippen LogP contribution in [0.25, 0.3) is 0 Å². The summed E-state index contributed by atoms with van der Waals surface area (Å²) in [6.07, 6.45) is 8.84. The number of nitrogens with zero attached hydrogens (tertiary/aromatic N) is 3. The number of carbonyl (C=O) groups excluding carboxylic acids is 1. The molecule has 1 aliphatic heterocycles. The molecule has 0 saturated carbocycles. The first kappa shape index (κ1) is 18.4. The smallest absolute Gasteiger partial charge is 0.352 e. The molecule has 0 radical (unpaired) electrons. The number of rotatable bonds is 9. The Hall–Kier alpha value is -3.40. The van der Waals surface area contributed by atoms with Crippen molar-refractivity contribution in [3.63, 3.8) is 0 Å². The lowest BCUT2D eigenvalue weighted by Crippen LogP contribution is -2.17. The molecule has 1 aliphatic rings. The number of carboxylic acids is 1. The second kappa shape index (κ2) is 7.87. The van der Waals surface area contributed by atoms with Gasteiger partial charge in [0.25, 0.3) is 0 Å². The molecule has 1 amide bonds. The van der Waals surface area contributed by atoms with Crippen LogP contribution in [0.4, 0.5) is 5.69 Å². The summed E-state index contributed by atoms with van der Waals surface area (Å²) < 4.78 is 1.60. The molecule has 1 aromatic heterocycles. The number of carboxylic acid groups (broad SMARTS) is 1. The van der Waals surface area contributed by atoms with Gasteiger partial charge in [-0.15, -0.1) is 12.3 Å². The molecule has 2 aromatic rings. The van der Waals surface area contributed by atoms with E-state index in [1.807, 2.05) is 30.3 Å². The van der Waals surface area contributed by atoms with Crippen LogP contribution in [-0.2, 0) is 11.3 Å². The summed E-state index contributed by atoms with van der Waals surface area (Å²) in [5, 5.41) is 20.2. The SMILES string of the molecule is C#CCCC1(CCC(=O)Nc2cc(C(=O)O)n(Cc3ccccc3)c2)N=N1. The van der Waals surface area contributed by atoms with Crippen molar-refractivity contribution >= 4 is 17.6 Å². The lowest BCUT2D eigenvalue weighted by molar-refractivity contribution is -0.116. The lowest BCUT2D eigenvalue weighted by Gasteiger charge is -2.08. The van der Waals surface area contributed by atoms with E-state index in [0.29, 0.717) is 31.5 Å². The molecule has 0 fully saturated rings. The highest BCUT2D eigenvalue weighted by Gasteiger charge is 2.39. The van der Waals surface area contributed by atoms with Crippen LogP contribution in [0.15, 0.2) is 52.8 Å². The molecular weight excluding hydrogens is 344 g/mol. The third-order valence-corrected chi connectivity index (χ3v) is 4.40. The highest BCUT2D eigenvalue weighted by molar-refractivity contribution is 5.93. The molecule has 2 N–H and O–H groups in total. The zero-order valence-electron chi connectivity index (χ0n) is 14.8. The van der Waals surface area contributed by atoms with Gasteiger partial charge >= 0.3 is 5.97 Å². The Morgan fingerprint density at radius 2 is 1.96 bits per heavy atom. The summed E-state index contributed by atoms with van der Waals surface area (Å²) in [6, 6.07) is 11.0. The van der Waals surface area contributed by atoms with Gasteiger partial charge in [0.2, 0.25) is 5.91 Å². The van der Waals surface area contributed by atoms with E-state index in [1.54, 1.807) is 10.8 Å². The maximum Gasteiger partial charge on any atom is 0.352 e. The van der Waals surface area contributed by atoms with Crippen molar-refractivity contribution < 1.29 is 14.7 Å². The van der Waals surface area contributed by atoms with Crippen molar-refractivity contribution in [3.8, 4) is 12.3 Å². The molecule has 138 valence electrons. The van der Waals surface area contributed by atoms with Crippen molar-refractivity contribution in [3.05, 3.63) is 53.9 Å². The standard InChI is InChI=1S/C20H20N4O3/c1-2-3-10-20(22-23-20)11-9-18(25)21-16-12-17(19(26)27)24(14-16)13-15-7-5-4-6-8-15/h1,4-8,12,14H,3,9-11,13H2,(H,21,25)(H,26,27). The van der Waals surface area contributed by atoms with Crippen LogP contribution in [0, 0.1) is 12.3 Å². The second-order valence-corrected chi connectivity index (χ2v) is 6.47. The van der Waals surface area contributed by atoms with E-state index in [2.05, 4.69) is 21.5 Å². The van der Waals surface area contributed by atoms with Gasteiger partial charge in [-0.3, -0.25) is 4.79 Å². The third-order valence-electron chi connectivity index (χ3n) is 4.40. The molecule has 27 heavy (non-hydrogen) atoms. The normalized spacial score (nSPS) is 13.7. The molecule has 0 unspecified atom stereocenters. The summed E-state index contributed by atoms with van der Waals surface area (Å²) in [6.45, 7) is 0.408. The lowest BCUT2D eigenvalue weighted by atomic mass is 10.0. The largest absolute Gasteiger partial charge is 0.477 e. The summed E-state index contributed by atoms with van der Waals surface area (Å²) in [5.41, 5.74) is 1.04. The van der Waals surface area contributed by atoms with Crippen LogP contribution < -0.4 is 5.32 Å². The van der Waals surface area contributed by atoms with Gasteiger partial charge in [-0.1, -0.05) is 30.3 Å². The Balaban J connectivity index is 1.61. The predicted molar refractivity (Wildman–Crippen MR) is 100 cm³/mol. The molecule has 0 spiro atoms. The van der Waals surface area contributed by atoms with Crippen molar-refractivity contribution in [1.82, 2.24) is 4.57 Å². The molecule has 7 nitrogen and oxygen atoms in total. The van der Waals surface area contributed by atoms with E-state index in [1.165, 1.54) is 6.07 Å². The minimum Gasteiger partial charge on any atom is -0.477 e. The van der Waals surface area contributed by atoms with Gasteiger partial charge in [0.15, 0.2) is 5.66 Å². The number of amides is 1. The fourth-order valence-electron chi connectivity index (χ4n) is 2.87. The number of anilines is 1. The minimum absolute atomic E-state index is 0.117. The molecule has 0 saturated heterocycles. The number of carbonyl (C=O) groups is 2.